The van der Waals surface area contributed by atoms with Crippen LogP contribution in [0.25, 0.3) is 11.4 Å². The van der Waals surface area contributed by atoms with Crippen LogP contribution < -0.4 is 0 Å². The quantitative estimate of drug-likeness (QED) is 0.722. The van der Waals surface area contributed by atoms with Crippen molar-refractivity contribution in [3.05, 3.63) is 48.4 Å². The molecule has 1 amide bonds. The van der Waals surface area contributed by atoms with E-state index in [-0.39, 0.29) is 11.8 Å². The number of rotatable bonds is 4. The number of aryl methyl sites for hydroxylation is 1. The number of amides is 1. The van der Waals surface area contributed by atoms with Crippen molar-refractivity contribution in [3.63, 3.8) is 0 Å². The molecule has 0 unspecified atom stereocenters. The minimum Gasteiger partial charge on any atom is -0.339 e. The molecule has 4 rings (SSSR count). The molecule has 128 valence electrons. The number of hydrogen-bond donors (Lipinski definition) is 0. The summed E-state index contributed by atoms with van der Waals surface area (Å²) >= 11 is 0. The zero-order chi connectivity index (χ0) is 17.2. The van der Waals surface area contributed by atoms with Gasteiger partial charge in [0.25, 0.3) is 5.91 Å². The van der Waals surface area contributed by atoms with Gasteiger partial charge >= 0.3 is 0 Å². The maximum absolute atomic E-state index is 12.6. The number of likely N-dealkylation sites (tertiary alicyclic amines) is 1. The summed E-state index contributed by atoms with van der Waals surface area (Å²) in [5.41, 5.74) is 1.34. The molecule has 8 heteroatoms. The van der Waals surface area contributed by atoms with Gasteiger partial charge in [-0.1, -0.05) is 5.16 Å². The van der Waals surface area contributed by atoms with Crippen molar-refractivity contribution in [1.82, 2.24) is 29.8 Å². The lowest BCUT2D eigenvalue weighted by molar-refractivity contribution is 0.0783. The van der Waals surface area contributed by atoms with Gasteiger partial charge in [-0.25, -0.2) is 0 Å². The summed E-state index contributed by atoms with van der Waals surface area (Å²) in [7, 11) is 0. The van der Waals surface area contributed by atoms with Gasteiger partial charge in [-0.05, 0) is 31.5 Å². The molecule has 0 bridgehead atoms. The molecule has 4 heterocycles. The van der Waals surface area contributed by atoms with Crippen LogP contribution in [0, 0.1) is 0 Å². The maximum Gasteiger partial charge on any atom is 0.274 e. The molecule has 3 aromatic heterocycles. The normalized spacial score (nSPS) is 17.2. The molecule has 0 spiro atoms. The molecule has 25 heavy (non-hydrogen) atoms. The van der Waals surface area contributed by atoms with Crippen LogP contribution in [0.5, 0.6) is 0 Å². The Balaban J connectivity index is 1.46. The molecule has 0 N–H and O–H groups in total. The summed E-state index contributed by atoms with van der Waals surface area (Å²) in [6.07, 6.45) is 6.01. The third-order valence-corrected chi connectivity index (χ3v) is 4.39. The molecule has 1 aliphatic rings. The van der Waals surface area contributed by atoms with E-state index in [0.29, 0.717) is 30.5 Å². The number of aromatic nitrogens is 5. The second-order valence-electron chi connectivity index (χ2n) is 5.99. The van der Waals surface area contributed by atoms with Crippen molar-refractivity contribution in [2.75, 3.05) is 13.1 Å². The molecular formula is C17H18N6O2. The minimum absolute atomic E-state index is 0.0522. The fraction of sp³-hybridized carbons (Fsp3) is 0.353. The predicted octanol–water partition coefficient (Wildman–Crippen LogP) is 1.98. The Morgan fingerprint density at radius 1 is 1.32 bits per heavy atom. The monoisotopic (exact) mass is 338 g/mol. The molecule has 1 aliphatic heterocycles. The maximum atomic E-state index is 12.6. The van der Waals surface area contributed by atoms with Crippen molar-refractivity contribution in [2.45, 2.75) is 25.8 Å². The summed E-state index contributed by atoms with van der Waals surface area (Å²) in [5.74, 6) is 1.12. The number of nitrogens with zero attached hydrogens (tertiary/aromatic N) is 6. The fourth-order valence-corrected chi connectivity index (χ4v) is 2.98. The van der Waals surface area contributed by atoms with Crippen molar-refractivity contribution in [1.29, 1.82) is 0 Å². The van der Waals surface area contributed by atoms with E-state index in [2.05, 4.69) is 20.2 Å². The number of carbonyl (C=O) groups is 1. The minimum atomic E-state index is -0.0522. The van der Waals surface area contributed by atoms with Gasteiger partial charge < -0.3 is 9.42 Å². The molecule has 0 saturated carbocycles. The SMILES string of the molecule is CCn1ccc(C(=O)N2CC[C@H](c3nc(-c4ccncc4)no3)C2)n1. The first-order valence-corrected chi connectivity index (χ1v) is 8.31. The van der Waals surface area contributed by atoms with E-state index in [9.17, 15) is 4.79 Å². The van der Waals surface area contributed by atoms with Crippen LogP contribution in [-0.4, -0.2) is 48.8 Å². The fourth-order valence-electron chi connectivity index (χ4n) is 2.98. The van der Waals surface area contributed by atoms with E-state index < -0.39 is 0 Å². The molecule has 1 atom stereocenters. The van der Waals surface area contributed by atoms with Crippen molar-refractivity contribution < 1.29 is 9.32 Å². The smallest absolute Gasteiger partial charge is 0.274 e. The summed E-state index contributed by atoms with van der Waals surface area (Å²) in [6.45, 7) is 3.96. The first-order valence-electron chi connectivity index (χ1n) is 8.31. The highest BCUT2D eigenvalue weighted by atomic mass is 16.5. The summed E-state index contributed by atoms with van der Waals surface area (Å²) in [6, 6.07) is 5.43. The lowest BCUT2D eigenvalue weighted by atomic mass is 10.1. The van der Waals surface area contributed by atoms with Crippen molar-refractivity contribution >= 4 is 5.91 Å². The van der Waals surface area contributed by atoms with Gasteiger partial charge in [0.1, 0.15) is 5.69 Å². The summed E-state index contributed by atoms with van der Waals surface area (Å²) in [5, 5.41) is 8.32. The van der Waals surface area contributed by atoms with Gasteiger partial charge in [-0.3, -0.25) is 14.5 Å². The molecular weight excluding hydrogens is 320 g/mol. The van der Waals surface area contributed by atoms with E-state index in [1.165, 1.54) is 0 Å². The first-order chi connectivity index (χ1) is 12.2. The Bertz CT molecular complexity index is 872. The van der Waals surface area contributed by atoms with Crippen LogP contribution >= 0.6 is 0 Å². The number of carbonyl (C=O) groups excluding carboxylic acids is 1. The van der Waals surface area contributed by atoms with Gasteiger partial charge in [-0.15, -0.1) is 0 Å². The van der Waals surface area contributed by atoms with Gasteiger partial charge in [0, 0.05) is 43.8 Å². The van der Waals surface area contributed by atoms with Gasteiger partial charge in [0.05, 0.1) is 5.92 Å². The predicted molar refractivity (Wildman–Crippen MR) is 88.7 cm³/mol. The highest BCUT2D eigenvalue weighted by Gasteiger charge is 2.32. The average Bonchev–Trinajstić information content (AvgIpc) is 3.41. The Hall–Kier alpha value is -3.03. The molecule has 0 aromatic carbocycles. The summed E-state index contributed by atoms with van der Waals surface area (Å²) in [4.78, 5) is 22.8. The Kier molecular flexibility index (Phi) is 4.01. The van der Waals surface area contributed by atoms with Crippen molar-refractivity contribution in [3.8, 4) is 11.4 Å². The Labute approximate surface area is 144 Å². The number of hydrogen-bond acceptors (Lipinski definition) is 6. The Morgan fingerprint density at radius 2 is 2.16 bits per heavy atom. The topological polar surface area (TPSA) is 89.9 Å². The highest BCUT2D eigenvalue weighted by molar-refractivity contribution is 5.92. The molecule has 3 aromatic rings. The van der Waals surface area contributed by atoms with Crippen LogP contribution in [-0.2, 0) is 6.54 Å². The molecule has 0 aliphatic carbocycles. The van der Waals surface area contributed by atoms with Crippen LogP contribution in [0.3, 0.4) is 0 Å². The van der Waals surface area contributed by atoms with Crippen LogP contribution in [0.15, 0.2) is 41.3 Å². The van der Waals surface area contributed by atoms with E-state index in [4.69, 9.17) is 4.52 Å². The zero-order valence-corrected chi connectivity index (χ0v) is 13.9. The average molecular weight is 338 g/mol. The second kappa shape index (κ2) is 6.46. The largest absolute Gasteiger partial charge is 0.339 e. The lowest BCUT2D eigenvalue weighted by Crippen LogP contribution is -2.29. The van der Waals surface area contributed by atoms with Gasteiger partial charge in [-0.2, -0.15) is 10.1 Å². The second-order valence-corrected chi connectivity index (χ2v) is 5.99. The molecule has 0 radical (unpaired) electrons. The van der Waals surface area contributed by atoms with Crippen LogP contribution in [0.1, 0.15) is 35.6 Å². The van der Waals surface area contributed by atoms with Gasteiger partial charge in [0.15, 0.2) is 0 Å². The third kappa shape index (κ3) is 3.02. The molecule has 1 saturated heterocycles. The first kappa shape index (κ1) is 15.5. The number of pyridine rings is 1. The van der Waals surface area contributed by atoms with Gasteiger partial charge in [0.2, 0.25) is 11.7 Å². The molecule has 8 nitrogen and oxygen atoms in total. The highest BCUT2D eigenvalue weighted by Crippen LogP contribution is 2.28. The zero-order valence-electron chi connectivity index (χ0n) is 13.9. The molecule has 1 fully saturated rings. The van der Waals surface area contributed by atoms with E-state index in [0.717, 1.165) is 18.5 Å². The van der Waals surface area contributed by atoms with E-state index >= 15 is 0 Å². The van der Waals surface area contributed by atoms with E-state index in [1.807, 2.05) is 25.3 Å². The van der Waals surface area contributed by atoms with Crippen molar-refractivity contribution in [2.24, 2.45) is 0 Å². The standard InChI is InChI=1S/C17H18N6O2/c1-2-23-10-6-14(20-23)17(24)22-9-5-13(11-22)16-19-15(21-25-16)12-3-7-18-8-4-12/h3-4,6-8,10,13H,2,5,9,11H2,1H3/t13-/m0/s1. The summed E-state index contributed by atoms with van der Waals surface area (Å²) < 4.78 is 7.17. The van der Waals surface area contributed by atoms with Crippen LogP contribution in [0.2, 0.25) is 0 Å². The Morgan fingerprint density at radius 3 is 2.92 bits per heavy atom. The lowest BCUT2D eigenvalue weighted by Gasteiger charge is -2.13. The van der Waals surface area contributed by atoms with E-state index in [1.54, 1.807) is 28.0 Å². The third-order valence-electron chi connectivity index (χ3n) is 4.39. The van der Waals surface area contributed by atoms with Crippen LogP contribution in [0.4, 0.5) is 0 Å².